The second kappa shape index (κ2) is 8.00. The van der Waals surface area contributed by atoms with Crippen LogP contribution >= 0.6 is 0 Å². The van der Waals surface area contributed by atoms with Crippen molar-refractivity contribution in [3.63, 3.8) is 0 Å². The molecule has 0 spiro atoms. The number of ether oxygens (including phenoxy) is 2. The van der Waals surface area contributed by atoms with Gasteiger partial charge < -0.3 is 14.4 Å². The lowest BCUT2D eigenvalue weighted by molar-refractivity contribution is 0.121. The minimum atomic E-state index is -0.254. The Morgan fingerprint density at radius 3 is 2.57 bits per heavy atom. The molecule has 3 aromatic rings. The number of benzene rings is 2. The van der Waals surface area contributed by atoms with Gasteiger partial charge in [-0.2, -0.15) is 0 Å². The molecule has 1 fully saturated rings. The number of fused-ring (bicyclic) bond motifs is 1. The SMILES string of the molecule is CN1CCN([C@@H](c2ccc(F)cc2)c2nnnn2Cc2ccc3c(c2)OCO3)CC1. The van der Waals surface area contributed by atoms with Crippen LogP contribution < -0.4 is 9.47 Å². The van der Waals surface area contributed by atoms with Crippen LogP contribution in [0.3, 0.4) is 0 Å². The number of hydrogen-bond donors (Lipinski definition) is 0. The zero-order valence-corrected chi connectivity index (χ0v) is 16.7. The number of halogens is 1. The third kappa shape index (κ3) is 3.73. The fourth-order valence-corrected chi connectivity index (χ4v) is 3.98. The molecule has 8 nitrogen and oxygen atoms in total. The van der Waals surface area contributed by atoms with Crippen LogP contribution in [0.5, 0.6) is 11.5 Å². The lowest BCUT2D eigenvalue weighted by Crippen LogP contribution is -2.46. The fraction of sp³-hybridized carbons (Fsp3) is 0.381. The summed E-state index contributed by atoms with van der Waals surface area (Å²) < 4.78 is 26.3. The predicted molar refractivity (Wildman–Crippen MR) is 107 cm³/mol. The lowest BCUT2D eigenvalue weighted by Gasteiger charge is -2.37. The van der Waals surface area contributed by atoms with Gasteiger partial charge >= 0.3 is 0 Å². The first kappa shape index (κ1) is 19.0. The second-order valence-corrected chi connectivity index (χ2v) is 7.68. The number of tetrazole rings is 1. The summed E-state index contributed by atoms with van der Waals surface area (Å²) in [6.07, 6.45) is 0. The van der Waals surface area contributed by atoms with Crippen molar-refractivity contribution in [3.05, 3.63) is 65.2 Å². The maximum Gasteiger partial charge on any atom is 0.231 e. The number of likely N-dealkylation sites (N-methyl/N-ethyl adjacent to an activating group) is 1. The van der Waals surface area contributed by atoms with Crippen LogP contribution in [0.1, 0.15) is 23.0 Å². The van der Waals surface area contributed by atoms with E-state index in [1.165, 1.54) is 12.1 Å². The minimum absolute atomic E-state index is 0.150. The zero-order chi connectivity index (χ0) is 20.5. The molecule has 0 N–H and O–H groups in total. The summed E-state index contributed by atoms with van der Waals surface area (Å²) in [6, 6.07) is 12.3. The largest absolute Gasteiger partial charge is 0.454 e. The molecular formula is C21H23FN6O2. The second-order valence-electron chi connectivity index (χ2n) is 7.68. The van der Waals surface area contributed by atoms with Gasteiger partial charge in [-0.1, -0.05) is 18.2 Å². The van der Waals surface area contributed by atoms with Crippen LogP contribution in [0.25, 0.3) is 0 Å². The van der Waals surface area contributed by atoms with E-state index in [1.54, 1.807) is 0 Å². The van der Waals surface area contributed by atoms with Crippen LogP contribution in [0.15, 0.2) is 42.5 Å². The number of rotatable bonds is 5. The molecule has 0 amide bonds. The van der Waals surface area contributed by atoms with E-state index < -0.39 is 0 Å². The third-order valence-corrected chi connectivity index (χ3v) is 5.66. The topological polar surface area (TPSA) is 68.5 Å². The highest BCUT2D eigenvalue weighted by atomic mass is 19.1. The molecule has 2 aliphatic rings. The molecule has 1 saturated heterocycles. The van der Waals surface area contributed by atoms with Crippen molar-refractivity contribution in [2.75, 3.05) is 40.0 Å². The van der Waals surface area contributed by atoms with Gasteiger partial charge in [-0.05, 0) is 52.9 Å². The van der Waals surface area contributed by atoms with E-state index in [9.17, 15) is 4.39 Å². The van der Waals surface area contributed by atoms with E-state index in [-0.39, 0.29) is 18.7 Å². The zero-order valence-electron chi connectivity index (χ0n) is 16.7. The quantitative estimate of drug-likeness (QED) is 0.637. The summed E-state index contributed by atoms with van der Waals surface area (Å²) in [5, 5.41) is 12.6. The average Bonchev–Trinajstić information content (AvgIpc) is 3.40. The van der Waals surface area contributed by atoms with Crippen LogP contribution in [-0.2, 0) is 6.54 Å². The molecular weight excluding hydrogens is 387 g/mol. The summed E-state index contributed by atoms with van der Waals surface area (Å²) in [7, 11) is 2.12. The monoisotopic (exact) mass is 410 g/mol. The van der Waals surface area contributed by atoms with E-state index in [0.717, 1.165) is 54.6 Å². The van der Waals surface area contributed by atoms with E-state index in [2.05, 4.69) is 32.4 Å². The standard InChI is InChI=1S/C21H23FN6O2/c1-26-8-10-27(11-9-26)20(16-3-5-17(22)6-4-16)21-23-24-25-28(21)13-15-2-7-18-19(12-15)30-14-29-18/h2-7,12,20H,8-11,13-14H2,1H3/t20-/m0/s1. The smallest absolute Gasteiger partial charge is 0.231 e. The highest BCUT2D eigenvalue weighted by Crippen LogP contribution is 2.33. The van der Waals surface area contributed by atoms with Gasteiger partial charge in [0, 0.05) is 26.2 Å². The number of piperazine rings is 1. The van der Waals surface area contributed by atoms with Gasteiger partial charge in [0.2, 0.25) is 6.79 Å². The molecule has 0 radical (unpaired) electrons. The van der Waals surface area contributed by atoms with Crippen molar-refractivity contribution >= 4 is 0 Å². The van der Waals surface area contributed by atoms with Crippen molar-refractivity contribution in [2.24, 2.45) is 0 Å². The molecule has 1 atom stereocenters. The Kier molecular flexibility index (Phi) is 5.06. The molecule has 30 heavy (non-hydrogen) atoms. The lowest BCUT2D eigenvalue weighted by atomic mass is 10.0. The van der Waals surface area contributed by atoms with Crippen molar-refractivity contribution in [1.29, 1.82) is 0 Å². The Balaban J connectivity index is 1.47. The van der Waals surface area contributed by atoms with Crippen LogP contribution in [0, 0.1) is 5.82 Å². The average molecular weight is 410 g/mol. The van der Waals surface area contributed by atoms with Gasteiger partial charge in [0.25, 0.3) is 0 Å². The molecule has 0 unspecified atom stereocenters. The number of aromatic nitrogens is 4. The molecule has 9 heteroatoms. The molecule has 5 rings (SSSR count). The first-order valence-electron chi connectivity index (χ1n) is 10.00. The Bertz CT molecular complexity index is 1020. The predicted octanol–water partition coefficient (Wildman–Crippen LogP) is 1.93. The van der Waals surface area contributed by atoms with Crippen LogP contribution in [-0.4, -0.2) is 70.0 Å². The van der Waals surface area contributed by atoms with Crippen LogP contribution in [0.2, 0.25) is 0 Å². The molecule has 0 bridgehead atoms. The summed E-state index contributed by atoms with van der Waals surface area (Å²) in [5.41, 5.74) is 1.99. The molecule has 2 aromatic carbocycles. The molecule has 156 valence electrons. The van der Waals surface area contributed by atoms with E-state index in [0.29, 0.717) is 6.54 Å². The highest BCUT2D eigenvalue weighted by Gasteiger charge is 2.30. The van der Waals surface area contributed by atoms with Crippen molar-refractivity contribution in [1.82, 2.24) is 30.0 Å². The summed E-state index contributed by atoms with van der Waals surface area (Å²) in [6.45, 7) is 4.43. The van der Waals surface area contributed by atoms with Crippen molar-refractivity contribution < 1.29 is 13.9 Å². The number of nitrogens with zero attached hydrogens (tertiary/aromatic N) is 6. The fourth-order valence-electron chi connectivity index (χ4n) is 3.98. The van der Waals surface area contributed by atoms with Gasteiger partial charge in [-0.3, -0.25) is 4.90 Å². The maximum absolute atomic E-state index is 13.6. The summed E-state index contributed by atoms with van der Waals surface area (Å²) in [4.78, 5) is 4.66. The van der Waals surface area contributed by atoms with Gasteiger partial charge in [0.1, 0.15) is 5.82 Å². The molecule has 3 heterocycles. The van der Waals surface area contributed by atoms with Gasteiger partial charge in [0.05, 0.1) is 12.6 Å². The summed E-state index contributed by atoms with van der Waals surface area (Å²) in [5.74, 6) is 1.97. The molecule has 2 aliphatic heterocycles. The Morgan fingerprint density at radius 1 is 1.00 bits per heavy atom. The minimum Gasteiger partial charge on any atom is -0.454 e. The van der Waals surface area contributed by atoms with E-state index in [4.69, 9.17) is 9.47 Å². The van der Waals surface area contributed by atoms with E-state index >= 15 is 0 Å². The van der Waals surface area contributed by atoms with Crippen molar-refractivity contribution in [3.8, 4) is 11.5 Å². The normalized spacial score (nSPS) is 17.9. The Hall–Kier alpha value is -3.04. The highest BCUT2D eigenvalue weighted by molar-refractivity contribution is 5.44. The van der Waals surface area contributed by atoms with E-state index in [1.807, 2.05) is 35.0 Å². The maximum atomic E-state index is 13.6. The van der Waals surface area contributed by atoms with Gasteiger partial charge in [-0.15, -0.1) is 5.10 Å². The van der Waals surface area contributed by atoms with Gasteiger partial charge in [0.15, 0.2) is 17.3 Å². The van der Waals surface area contributed by atoms with Gasteiger partial charge in [-0.25, -0.2) is 9.07 Å². The molecule has 0 saturated carbocycles. The summed E-state index contributed by atoms with van der Waals surface area (Å²) >= 11 is 0. The van der Waals surface area contributed by atoms with Crippen LogP contribution in [0.4, 0.5) is 4.39 Å². The Labute approximate surface area is 173 Å². The third-order valence-electron chi connectivity index (χ3n) is 5.66. The van der Waals surface area contributed by atoms with Crippen molar-refractivity contribution in [2.45, 2.75) is 12.6 Å². The molecule has 1 aromatic heterocycles. The first-order chi connectivity index (χ1) is 14.7. The number of hydrogen-bond acceptors (Lipinski definition) is 7. The first-order valence-corrected chi connectivity index (χ1v) is 10.00. The Morgan fingerprint density at radius 2 is 1.77 bits per heavy atom. The molecule has 0 aliphatic carbocycles.